The normalized spacial score (nSPS) is 11.8. The molecule has 0 aliphatic carbocycles. The van der Waals surface area contributed by atoms with Gasteiger partial charge in [-0.25, -0.2) is 4.79 Å². The molecule has 1 N–H and O–H groups in total. The van der Waals surface area contributed by atoms with Crippen LogP contribution in [-0.4, -0.2) is 25.0 Å². The average Bonchev–Trinajstić information content (AvgIpc) is 2.30. The van der Waals surface area contributed by atoms with Gasteiger partial charge in [0.15, 0.2) is 0 Å². The summed E-state index contributed by atoms with van der Waals surface area (Å²) in [6, 6.07) is 4.75. The molecular weight excluding hydrogens is 286 g/mol. The number of halogens is 1. The van der Waals surface area contributed by atoms with E-state index in [4.69, 9.17) is 0 Å². The van der Waals surface area contributed by atoms with Crippen molar-refractivity contribution in [3.63, 3.8) is 0 Å². The third-order valence-corrected chi connectivity index (χ3v) is 2.84. The van der Waals surface area contributed by atoms with Gasteiger partial charge in [0.25, 0.3) is 5.91 Å². The first kappa shape index (κ1) is 13.7. The summed E-state index contributed by atoms with van der Waals surface area (Å²) in [5.41, 5.74) is 1.39. The summed E-state index contributed by atoms with van der Waals surface area (Å²) in [4.78, 5) is 23.1. The minimum Gasteiger partial charge on any atom is -0.467 e. The van der Waals surface area contributed by atoms with Crippen LogP contribution >= 0.6 is 15.9 Å². The van der Waals surface area contributed by atoms with Gasteiger partial charge >= 0.3 is 5.97 Å². The van der Waals surface area contributed by atoms with Gasteiger partial charge in [0, 0.05) is 10.0 Å². The Bertz CT molecular complexity index is 445. The van der Waals surface area contributed by atoms with Crippen LogP contribution in [0.15, 0.2) is 22.7 Å². The van der Waals surface area contributed by atoms with Crippen LogP contribution < -0.4 is 5.32 Å². The lowest BCUT2D eigenvalue weighted by Gasteiger charge is -2.12. The van der Waals surface area contributed by atoms with Crippen molar-refractivity contribution in [3.8, 4) is 0 Å². The highest BCUT2D eigenvalue weighted by molar-refractivity contribution is 9.10. The third kappa shape index (κ3) is 3.56. The van der Waals surface area contributed by atoms with Gasteiger partial charge in [-0.15, -0.1) is 0 Å². The van der Waals surface area contributed by atoms with Gasteiger partial charge in [-0.1, -0.05) is 22.0 Å². The fraction of sp³-hybridized carbons (Fsp3) is 0.333. The fourth-order valence-electron chi connectivity index (χ4n) is 1.35. The van der Waals surface area contributed by atoms with Crippen LogP contribution in [0, 0.1) is 6.92 Å². The maximum Gasteiger partial charge on any atom is 0.328 e. The van der Waals surface area contributed by atoms with Crippen LogP contribution in [0.2, 0.25) is 0 Å². The second-order valence-electron chi connectivity index (χ2n) is 3.68. The average molecular weight is 300 g/mol. The van der Waals surface area contributed by atoms with Gasteiger partial charge in [-0.3, -0.25) is 4.79 Å². The molecule has 0 heterocycles. The minimum atomic E-state index is -0.661. The van der Waals surface area contributed by atoms with Crippen LogP contribution in [0.3, 0.4) is 0 Å². The predicted molar refractivity (Wildman–Crippen MR) is 67.8 cm³/mol. The second kappa shape index (κ2) is 5.82. The molecule has 0 saturated carbocycles. The van der Waals surface area contributed by atoms with Gasteiger partial charge in [0.05, 0.1) is 7.11 Å². The lowest BCUT2D eigenvalue weighted by atomic mass is 10.1. The van der Waals surface area contributed by atoms with Crippen molar-refractivity contribution in [1.29, 1.82) is 0 Å². The van der Waals surface area contributed by atoms with Gasteiger partial charge in [0.1, 0.15) is 6.04 Å². The molecule has 1 rings (SSSR count). The van der Waals surface area contributed by atoms with E-state index in [9.17, 15) is 9.59 Å². The summed E-state index contributed by atoms with van der Waals surface area (Å²) in [6.07, 6.45) is 0. The second-order valence-corrected chi connectivity index (χ2v) is 4.59. The molecule has 0 saturated heterocycles. The van der Waals surface area contributed by atoms with Gasteiger partial charge < -0.3 is 10.1 Å². The number of hydrogen-bond acceptors (Lipinski definition) is 3. The summed E-state index contributed by atoms with van der Waals surface area (Å²) in [5, 5.41) is 2.58. The maximum absolute atomic E-state index is 11.9. The van der Waals surface area contributed by atoms with E-state index in [1.807, 2.05) is 19.1 Å². The van der Waals surface area contributed by atoms with E-state index in [0.29, 0.717) is 5.56 Å². The van der Waals surface area contributed by atoms with Crippen LogP contribution in [0.5, 0.6) is 0 Å². The number of rotatable bonds is 3. The Hall–Kier alpha value is -1.36. The van der Waals surface area contributed by atoms with Crippen molar-refractivity contribution >= 4 is 27.8 Å². The lowest BCUT2D eigenvalue weighted by molar-refractivity contribution is -0.142. The predicted octanol–water partition coefficient (Wildman–Crippen LogP) is 2.05. The molecule has 1 unspecified atom stereocenters. The van der Waals surface area contributed by atoms with Crippen LogP contribution in [0.25, 0.3) is 0 Å². The summed E-state index contributed by atoms with van der Waals surface area (Å²) in [5.74, 6) is -0.757. The molecule has 0 radical (unpaired) electrons. The zero-order valence-corrected chi connectivity index (χ0v) is 11.5. The highest BCUT2D eigenvalue weighted by atomic mass is 79.9. The summed E-state index contributed by atoms with van der Waals surface area (Å²) in [6.45, 7) is 3.42. The van der Waals surface area contributed by atoms with E-state index >= 15 is 0 Å². The molecule has 0 aliphatic heterocycles. The molecule has 0 aromatic heterocycles. The van der Waals surface area contributed by atoms with E-state index < -0.39 is 12.0 Å². The molecule has 17 heavy (non-hydrogen) atoms. The smallest absolute Gasteiger partial charge is 0.328 e. The zero-order chi connectivity index (χ0) is 13.0. The van der Waals surface area contributed by atoms with Crippen LogP contribution in [-0.2, 0) is 9.53 Å². The van der Waals surface area contributed by atoms with Crippen molar-refractivity contribution in [1.82, 2.24) is 5.32 Å². The molecular formula is C12H14BrNO3. The maximum atomic E-state index is 11.9. The quantitative estimate of drug-likeness (QED) is 0.869. The number of hydrogen-bond donors (Lipinski definition) is 1. The van der Waals surface area contributed by atoms with Crippen molar-refractivity contribution in [2.45, 2.75) is 19.9 Å². The number of benzene rings is 1. The zero-order valence-electron chi connectivity index (χ0n) is 9.91. The number of amides is 1. The van der Waals surface area contributed by atoms with Crippen LogP contribution in [0.4, 0.5) is 0 Å². The molecule has 5 heteroatoms. The molecule has 1 atom stereocenters. The largest absolute Gasteiger partial charge is 0.467 e. The molecule has 0 bridgehead atoms. The first-order valence-electron chi connectivity index (χ1n) is 5.10. The Morgan fingerprint density at radius 1 is 1.41 bits per heavy atom. The Kier molecular flexibility index (Phi) is 4.69. The van der Waals surface area contributed by atoms with E-state index in [1.165, 1.54) is 7.11 Å². The van der Waals surface area contributed by atoms with E-state index in [1.54, 1.807) is 13.0 Å². The standard InChI is InChI=1S/C12H14BrNO3/c1-7-4-5-9(13)6-10(7)11(15)14-8(2)12(16)17-3/h4-6,8H,1-3H3,(H,14,15). The van der Waals surface area contributed by atoms with E-state index in [-0.39, 0.29) is 5.91 Å². The molecule has 4 nitrogen and oxygen atoms in total. The van der Waals surface area contributed by atoms with Crippen LogP contribution in [0.1, 0.15) is 22.8 Å². The molecule has 1 amide bonds. The molecule has 92 valence electrons. The first-order chi connectivity index (χ1) is 7.95. The molecule has 1 aromatic carbocycles. The summed E-state index contributed by atoms with van der Waals surface area (Å²) in [7, 11) is 1.29. The van der Waals surface area contributed by atoms with Gasteiger partial charge in [-0.05, 0) is 31.5 Å². The van der Waals surface area contributed by atoms with E-state index in [2.05, 4.69) is 26.0 Å². The molecule has 1 aromatic rings. The van der Waals surface area contributed by atoms with Crippen molar-refractivity contribution in [2.24, 2.45) is 0 Å². The Morgan fingerprint density at radius 2 is 2.06 bits per heavy atom. The van der Waals surface area contributed by atoms with Crippen molar-refractivity contribution in [2.75, 3.05) is 7.11 Å². The highest BCUT2D eigenvalue weighted by Gasteiger charge is 2.18. The molecule has 0 fully saturated rings. The SMILES string of the molecule is COC(=O)C(C)NC(=O)c1cc(Br)ccc1C. The first-order valence-corrected chi connectivity index (χ1v) is 5.90. The Labute approximate surface area is 108 Å². The number of carbonyl (C=O) groups excluding carboxylic acids is 2. The van der Waals surface area contributed by atoms with Crippen molar-refractivity contribution < 1.29 is 14.3 Å². The fourth-order valence-corrected chi connectivity index (χ4v) is 1.71. The number of carbonyl (C=O) groups is 2. The number of nitrogens with one attached hydrogen (secondary N) is 1. The Morgan fingerprint density at radius 3 is 2.65 bits per heavy atom. The molecule has 0 spiro atoms. The monoisotopic (exact) mass is 299 g/mol. The lowest BCUT2D eigenvalue weighted by Crippen LogP contribution is -2.39. The highest BCUT2D eigenvalue weighted by Crippen LogP contribution is 2.16. The molecule has 0 aliphatic rings. The summed E-state index contributed by atoms with van der Waals surface area (Å²) < 4.78 is 5.36. The van der Waals surface area contributed by atoms with Gasteiger partial charge in [-0.2, -0.15) is 0 Å². The van der Waals surface area contributed by atoms with Gasteiger partial charge in [0.2, 0.25) is 0 Å². The topological polar surface area (TPSA) is 55.4 Å². The third-order valence-electron chi connectivity index (χ3n) is 2.35. The van der Waals surface area contributed by atoms with Crippen molar-refractivity contribution in [3.05, 3.63) is 33.8 Å². The number of ether oxygens (including phenoxy) is 1. The number of esters is 1. The minimum absolute atomic E-state index is 0.290. The number of aryl methyl sites for hydroxylation is 1. The Balaban J connectivity index is 2.83. The van der Waals surface area contributed by atoms with E-state index in [0.717, 1.165) is 10.0 Å². The summed E-state index contributed by atoms with van der Waals surface area (Å²) >= 11 is 3.30. The number of methoxy groups -OCH3 is 1.